The molecule has 1 rings (SSSR count). The number of aryl methyl sites for hydroxylation is 1. The zero-order valence-corrected chi connectivity index (χ0v) is 10.9. The number of hydrogen-bond donors (Lipinski definition) is 1. The third-order valence-corrected chi connectivity index (χ3v) is 2.54. The SMILES string of the molecule is CCN(CC(=O)N(C)C)c1ncc(C)cc1N. The Hall–Kier alpha value is -1.78. The van der Waals surface area contributed by atoms with Crippen molar-refractivity contribution in [1.29, 1.82) is 0 Å². The Bertz CT molecular complexity index is 403. The van der Waals surface area contributed by atoms with Gasteiger partial charge in [0.15, 0.2) is 5.82 Å². The summed E-state index contributed by atoms with van der Waals surface area (Å²) in [6.45, 7) is 4.90. The molecule has 1 aromatic rings. The lowest BCUT2D eigenvalue weighted by atomic mass is 10.2. The maximum absolute atomic E-state index is 11.7. The molecule has 0 spiro atoms. The molecule has 0 bridgehead atoms. The van der Waals surface area contributed by atoms with Gasteiger partial charge in [-0.15, -0.1) is 0 Å². The van der Waals surface area contributed by atoms with Gasteiger partial charge in [-0.2, -0.15) is 0 Å². The summed E-state index contributed by atoms with van der Waals surface area (Å²) in [6, 6.07) is 1.87. The van der Waals surface area contributed by atoms with E-state index >= 15 is 0 Å². The molecular weight excluding hydrogens is 216 g/mol. The van der Waals surface area contributed by atoms with Crippen LogP contribution in [-0.2, 0) is 4.79 Å². The van der Waals surface area contributed by atoms with Crippen LogP contribution < -0.4 is 10.6 Å². The number of likely N-dealkylation sites (N-methyl/N-ethyl adjacent to an activating group) is 2. The Morgan fingerprint density at radius 1 is 1.47 bits per heavy atom. The van der Waals surface area contributed by atoms with E-state index < -0.39 is 0 Å². The molecule has 1 heterocycles. The molecule has 0 saturated carbocycles. The summed E-state index contributed by atoms with van der Waals surface area (Å²) in [4.78, 5) is 19.4. The number of carbonyl (C=O) groups is 1. The number of amides is 1. The average molecular weight is 236 g/mol. The van der Waals surface area contributed by atoms with Gasteiger partial charge in [0.05, 0.1) is 12.2 Å². The van der Waals surface area contributed by atoms with E-state index in [4.69, 9.17) is 5.73 Å². The van der Waals surface area contributed by atoms with E-state index in [0.29, 0.717) is 24.6 Å². The minimum Gasteiger partial charge on any atom is -0.396 e. The lowest BCUT2D eigenvalue weighted by molar-refractivity contribution is -0.127. The van der Waals surface area contributed by atoms with Crippen molar-refractivity contribution in [3.8, 4) is 0 Å². The first kappa shape index (κ1) is 13.3. The fourth-order valence-corrected chi connectivity index (χ4v) is 1.49. The molecule has 17 heavy (non-hydrogen) atoms. The van der Waals surface area contributed by atoms with E-state index in [9.17, 15) is 4.79 Å². The molecule has 0 atom stereocenters. The van der Waals surface area contributed by atoms with Crippen molar-refractivity contribution in [3.05, 3.63) is 17.8 Å². The first-order valence-corrected chi connectivity index (χ1v) is 5.63. The summed E-state index contributed by atoms with van der Waals surface area (Å²) in [5.74, 6) is 0.710. The summed E-state index contributed by atoms with van der Waals surface area (Å²) in [7, 11) is 3.48. The van der Waals surface area contributed by atoms with Gasteiger partial charge in [0, 0.05) is 26.8 Å². The smallest absolute Gasteiger partial charge is 0.241 e. The molecular formula is C12H20N4O. The Labute approximate surface area is 102 Å². The van der Waals surface area contributed by atoms with Gasteiger partial charge >= 0.3 is 0 Å². The monoisotopic (exact) mass is 236 g/mol. The minimum absolute atomic E-state index is 0.0358. The van der Waals surface area contributed by atoms with E-state index in [1.165, 1.54) is 0 Å². The molecule has 0 aliphatic carbocycles. The molecule has 0 radical (unpaired) electrons. The van der Waals surface area contributed by atoms with Crippen LogP contribution in [0.15, 0.2) is 12.3 Å². The van der Waals surface area contributed by atoms with Crippen LogP contribution in [0.5, 0.6) is 0 Å². The van der Waals surface area contributed by atoms with Gasteiger partial charge in [0.1, 0.15) is 0 Å². The second-order valence-corrected chi connectivity index (χ2v) is 4.23. The Kier molecular flexibility index (Phi) is 4.31. The summed E-state index contributed by atoms with van der Waals surface area (Å²) in [5, 5.41) is 0. The topological polar surface area (TPSA) is 62.5 Å². The third kappa shape index (κ3) is 3.34. The Morgan fingerprint density at radius 2 is 2.12 bits per heavy atom. The van der Waals surface area contributed by atoms with Gasteiger partial charge in [-0.3, -0.25) is 4.79 Å². The summed E-state index contributed by atoms with van der Waals surface area (Å²) < 4.78 is 0. The Balaban J connectivity index is 2.90. The van der Waals surface area contributed by atoms with Gasteiger partial charge in [-0.05, 0) is 25.5 Å². The molecule has 2 N–H and O–H groups in total. The molecule has 0 aromatic carbocycles. The van der Waals surface area contributed by atoms with Crippen LogP contribution >= 0.6 is 0 Å². The van der Waals surface area contributed by atoms with E-state index in [1.807, 2.05) is 24.8 Å². The van der Waals surface area contributed by atoms with Crippen LogP contribution in [0.2, 0.25) is 0 Å². The molecule has 0 aliphatic heterocycles. The number of nitrogen functional groups attached to an aromatic ring is 1. The van der Waals surface area contributed by atoms with Gasteiger partial charge in [-0.1, -0.05) is 0 Å². The van der Waals surface area contributed by atoms with Crippen LogP contribution in [-0.4, -0.2) is 43.0 Å². The van der Waals surface area contributed by atoms with E-state index in [-0.39, 0.29) is 5.91 Å². The van der Waals surface area contributed by atoms with Crippen LogP contribution in [0.3, 0.4) is 0 Å². The van der Waals surface area contributed by atoms with Crippen LogP contribution in [0.25, 0.3) is 0 Å². The summed E-state index contributed by atoms with van der Waals surface area (Å²) >= 11 is 0. The van der Waals surface area contributed by atoms with Crippen molar-refractivity contribution in [2.24, 2.45) is 0 Å². The molecule has 94 valence electrons. The maximum Gasteiger partial charge on any atom is 0.241 e. The average Bonchev–Trinajstić information content (AvgIpc) is 2.26. The normalized spacial score (nSPS) is 10.1. The van der Waals surface area contributed by atoms with E-state index in [1.54, 1.807) is 25.2 Å². The Morgan fingerprint density at radius 3 is 2.59 bits per heavy atom. The molecule has 0 aliphatic rings. The first-order chi connectivity index (χ1) is 7.95. The highest BCUT2D eigenvalue weighted by Gasteiger charge is 2.14. The molecule has 0 unspecified atom stereocenters. The number of pyridine rings is 1. The molecule has 1 amide bonds. The fourth-order valence-electron chi connectivity index (χ4n) is 1.49. The largest absolute Gasteiger partial charge is 0.396 e. The zero-order valence-electron chi connectivity index (χ0n) is 10.9. The van der Waals surface area contributed by atoms with Crippen LogP contribution in [0.4, 0.5) is 11.5 Å². The summed E-state index contributed by atoms with van der Waals surface area (Å²) in [5.41, 5.74) is 7.55. The second-order valence-electron chi connectivity index (χ2n) is 4.23. The van der Waals surface area contributed by atoms with Gasteiger partial charge in [-0.25, -0.2) is 4.98 Å². The highest BCUT2D eigenvalue weighted by molar-refractivity contribution is 5.82. The molecule has 5 heteroatoms. The van der Waals surface area contributed by atoms with Crippen molar-refractivity contribution in [2.75, 3.05) is 37.8 Å². The van der Waals surface area contributed by atoms with Crippen LogP contribution in [0, 0.1) is 6.92 Å². The fraction of sp³-hybridized carbons (Fsp3) is 0.500. The van der Waals surface area contributed by atoms with Crippen molar-refractivity contribution in [1.82, 2.24) is 9.88 Å². The van der Waals surface area contributed by atoms with Gasteiger partial charge in [0.25, 0.3) is 0 Å². The molecule has 1 aromatic heterocycles. The van der Waals surface area contributed by atoms with Crippen LogP contribution in [0.1, 0.15) is 12.5 Å². The number of hydrogen-bond acceptors (Lipinski definition) is 4. The zero-order chi connectivity index (χ0) is 13.0. The van der Waals surface area contributed by atoms with Crippen molar-refractivity contribution in [3.63, 3.8) is 0 Å². The second kappa shape index (κ2) is 5.52. The number of rotatable bonds is 4. The van der Waals surface area contributed by atoms with Crippen molar-refractivity contribution >= 4 is 17.4 Å². The van der Waals surface area contributed by atoms with E-state index in [2.05, 4.69) is 4.98 Å². The quantitative estimate of drug-likeness (QED) is 0.843. The minimum atomic E-state index is 0.0358. The van der Waals surface area contributed by atoms with Crippen molar-refractivity contribution in [2.45, 2.75) is 13.8 Å². The first-order valence-electron chi connectivity index (χ1n) is 5.63. The highest BCUT2D eigenvalue weighted by Crippen LogP contribution is 2.20. The number of aromatic nitrogens is 1. The number of carbonyl (C=O) groups excluding carboxylic acids is 1. The molecule has 0 saturated heterocycles. The molecule has 0 fully saturated rings. The van der Waals surface area contributed by atoms with Crippen molar-refractivity contribution < 1.29 is 4.79 Å². The highest BCUT2D eigenvalue weighted by atomic mass is 16.2. The lowest BCUT2D eigenvalue weighted by Crippen LogP contribution is -2.37. The maximum atomic E-state index is 11.7. The van der Waals surface area contributed by atoms with E-state index in [0.717, 1.165) is 5.56 Å². The molecule has 5 nitrogen and oxygen atoms in total. The van der Waals surface area contributed by atoms with Gasteiger partial charge < -0.3 is 15.5 Å². The predicted molar refractivity (Wildman–Crippen MR) is 70.0 cm³/mol. The van der Waals surface area contributed by atoms with Gasteiger partial charge in [0.2, 0.25) is 5.91 Å². The summed E-state index contributed by atoms with van der Waals surface area (Å²) in [6.07, 6.45) is 1.76. The number of anilines is 2. The number of nitrogens with zero attached hydrogens (tertiary/aromatic N) is 3. The predicted octanol–water partition coefficient (Wildman–Crippen LogP) is 0.887. The standard InChI is InChI=1S/C12H20N4O/c1-5-16(8-11(17)15(3)4)12-10(13)6-9(2)7-14-12/h6-7H,5,8,13H2,1-4H3. The lowest BCUT2D eigenvalue weighted by Gasteiger charge is -2.24. The third-order valence-electron chi connectivity index (χ3n) is 2.54. The number of nitrogens with two attached hydrogens (primary N) is 1.